The molecule has 0 rings (SSSR count). The number of hydrogen-bond donors (Lipinski definition) is 2. The molecule has 0 aliphatic rings. The number of carbonyl (C=O) groups excluding carboxylic acids is 1. The highest BCUT2D eigenvalue weighted by molar-refractivity contribution is 7.45. The van der Waals surface area contributed by atoms with Crippen LogP contribution in [-0.2, 0) is 18.4 Å². The third-order valence-electron chi connectivity index (χ3n) is 13.1. The molecule has 1 amide bonds. The summed E-state index contributed by atoms with van der Waals surface area (Å²) in [6.07, 6.45) is 72.8. The molecule has 0 aromatic carbocycles. The number of carbonyl (C=O) groups is 1. The smallest absolute Gasteiger partial charge is 0.268 e. The molecular formula is C62H115N2O6P. The molecule has 71 heavy (non-hydrogen) atoms. The van der Waals surface area contributed by atoms with Gasteiger partial charge < -0.3 is 28.8 Å². The Labute approximate surface area is 440 Å². The molecule has 0 aromatic heterocycles. The molecule has 0 aromatic rings. The quantitative estimate of drug-likeness (QED) is 0.0272. The van der Waals surface area contributed by atoms with Gasteiger partial charge in [0, 0.05) is 6.42 Å². The maximum atomic E-state index is 13.0. The Balaban J connectivity index is 4.10. The number of rotatable bonds is 54. The second kappa shape index (κ2) is 52.8. The Morgan fingerprint density at radius 2 is 0.831 bits per heavy atom. The SMILES string of the molecule is CCCCCCC/C=C\C/C=C\C/C=C\CCCCCCCCCCCCCCCCCCCCC(=O)NC(COP(=O)([O-])OCC[N+](C)(C)C)C(O)/C=C/CC/C=C/CC/C=C/CCCCCCCC. The van der Waals surface area contributed by atoms with Gasteiger partial charge in [0.2, 0.25) is 5.91 Å². The maximum Gasteiger partial charge on any atom is 0.268 e. The first-order valence-electron chi connectivity index (χ1n) is 29.8. The van der Waals surface area contributed by atoms with Gasteiger partial charge in [0.05, 0.1) is 39.9 Å². The molecule has 0 heterocycles. The number of quaternary nitrogens is 1. The first-order valence-corrected chi connectivity index (χ1v) is 31.3. The number of unbranched alkanes of at least 4 members (excludes halogenated alkanes) is 31. The lowest BCUT2D eigenvalue weighted by atomic mass is 10.0. The van der Waals surface area contributed by atoms with Crippen LogP contribution in [0.15, 0.2) is 72.9 Å². The van der Waals surface area contributed by atoms with Crippen molar-refractivity contribution in [1.29, 1.82) is 0 Å². The largest absolute Gasteiger partial charge is 0.756 e. The van der Waals surface area contributed by atoms with Crippen molar-refractivity contribution in [2.45, 2.75) is 276 Å². The molecule has 0 fully saturated rings. The molecule has 0 saturated carbocycles. The van der Waals surface area contributed by atoms with Gasteiger partial charge in [0.15, 0.2) is 0 Å². The maximum absolute atomic E-state index is 13.0. The fourth-order valence-corrected chi connectivity index (χ4v) is 9.15. The van der Waals surface area contributed by atoms with Crippen molar-refractivity contribution in [3.05, 3.63) is 72.9 Å². The summed E-state index contributed by atoms with van der Waals surface area (Å²) in [7, 11) is 1.23. The number of hydrogen-bond acceptors (Lipinski definition) is 6. The first kappa shape index (κ1) is 68.9. The zero-order chi connectivity index (χ0) is 52.0. The van der Waals surface area contributed by atoms with Crippen LogP contribution in [0.2, 0.25) is 0 Å². The summed E-state index contributed by atoms with van der Waals surface area (Å²) in [6, 6.07) is -0.912. The van der Waals surface area contributed by atoms with Gasteiger partial charge in [-0.3, -0.25) is 9.36 Å². The molecule has 0 radical (unpaired) electrons. The predicted molar refractivity (Wildman–Crippen MR) is 307 cm³/mol. The van der Waals surface area contributed by atoms with Crippen molar-refractivity contribution < 1.29 is 32.9 Å². The number of nitrogens with one attached hydrogen (secondary N) is 1. The van der Waals surface area contributed by atoms with Crippen LogP contribution in [0.5, 0.6) is 0 Å². The van der Waals surface area contributed by atoms with E-state index in [1.807, 2.05) is 27.2 Å². The van der Waals surface area contributed by atoms with Gasteiger partial charge in [-0.15, -0.1) is 0 Å². The molecule has 8 nitrogen and oxygen atoms in total. The van der Waals surface area contributed by atoms with Gasteiger partial charge in [-0.05, 0) is 83.5 Å². The molecular weight excluding hydrogens is 900 g/mol. The molecule has 0 aliphatic carbocycles. The molecule has 9 heteroatoms. The monoisotopic (exact) mass is 1010 g/mol. The van der Waals surface area contributed by atoms with Crippen LogP contribution in [0, 0.1) is 0 Å². The fraction of sp³-hybridized carbons (Fsp3) is 0.790. The number of aliphatic hydroxyl groups is 1. The third kappa shape index (κ3) is 55.5. The number of allylic oxidation sites excluding steroid dienone is 11. The van der Waals surface area contributed by atoms with Crippen LogP contribution in [0.4, 0.5) is 0 Å². The minimum absolute atomic E-state index is 0.0103. The number of phosphoric acid groups is 1. The van der Waals surface area contributed by atoms with Gasteiger partial charge >= 0.3 is 0 Å². The van der Waals surface area contributed by atoms with Gasteiger partial charge in [-0.2, -0.15) is 0 Å². The highest BCUT2D eigenvalue weighted by Gasteiger charge is 2.23. The molecule has 414 valence electrons. The van der Waals surface area contributed by atoms with Crippen LogP contribution in [0.1, 0.15) is 264 Å². The topological polar surface area (TPSA) is 108 Å². The molecule has 3 unspecified atom stereocenters. The number of nitrogens with zero attached hydrogens (tertiary/aromatic N) is 1. The molecule has 0 bridgehead atoms. The summed E-state index contributed by atoms with van der Waals surface area (Å²) in [4.78, 5) is 25.5. The van der Waals surface area contributed by atoms with E-state index >= 15 is 0 Å². The second-order valence-electron chi connectivity index (χ2n) is 21.3. The fourth-order valence-electron chi connectivity index (χ4n) is 8.43. The third-order valence-corrected chi connectivity index (χ3v) is 14.1. The van der Waals surface area contributed by atoms with Crippen LogP contribution in [0.25, 0.3) is 0 Å². The number of amides is 1. The average Bonchev–Trinajstić information content (AvgIpc) is 3.33. The molecule has 0 saturated heterocycles. The summed E-state index contributed by atoms with van der Waals surface area (Å²) in [5.41, 5.74) is 0. The average molecular weight is 1020 g/mol. The van der Waals surface area contributed by atoms with Gasteiger partial charge in [0.1, 0.15) is 13.2 Å². The minimum atomic E-state index is -4.61. The van der Waals surface area contributed by atoms with Crippen molar-refractivity contribution in [2.24, 2.45) is 0 Å². The Hall–Kier alpha value is -2.06. The van der Waals surface area contributed by atoms with E-state index in [1.165, 1.54) is 186 Å². The second-order valence-corrected chi connectivity index (χ2v) is 22.7. The van der Waals surface area contributed by atoms with E-state index in [0.717, 1.165) is 57.8 Å². The Bertz CT molecular complexity index is 1380. The lowest BCUT2D eigenvalue weighted by molar-refractivity contribution is -0.870. The van der Waals surface area contributed by atoms with E-state index in [-0.39, 0.29) is 12.5 Å². The van der Waals surface area contributed by atoms with Crippen LogP contribution in [0.3, 0.4) is 0 Å². The predicted octanol–water partition coefficient (Wildman–Crippen LogP) is 17.6. The molecule has 3 atom stereocenters. The Morgan fingerprint density at radius 1 is 0.493 bits per heavy atom. The molecule has 0 aliphatic heterocycles. The van der Waals surface area contributed by atoms with E-state index in [0.29, 0.717) is 17.4 Å². The summed E-state index contributed by atoms with van der Waals surface area (Å²) in [5, 5.41) is 13.8. The highest BCUT2D eigenvalue weighted by atomic mass is 31.2. The van der Waals surface area contributed by atoms with Crippen molar-refractivity contribution in [3.63, 3.8) is 0 Å². The summed E-state index contributed by atoms with van der Waals surface area (Å²) in [5.74, 6) is -0.211. The molecule has 2 N–H and O–H groups in total. The van der Waals surface area contributed by atoms with Crippen molar-refractivity contribution in [2.75, 3.05) is 40.9 Å². The van der Waals surface area contributed by atoms with Gasteiger partial charge in [-0.25, -0.2) is 0 Å². The Morgan fingerprint density at radius 3 is 1.24 bits per heavy atom. The summed E-state index contributed by atoms with van der Waals surface area (Å²) >= 11 is 0. The highest BCUT2D eigenvalue weighted by Crippen LogP contribution is 2.38. The van der Waals surface area contributed by atoms with Crippen LogP contribution < -0.4 is 10.2 Å². The first-order chi connectivity index (χ1) is 34.5. The van der Waals surface area contributed by atoms with Crippen LogP contribution >= 0.6 is 7.82 Å². The summed E-state index contributed by atoms with van der Waals surface area (Å²) in [6.45, 7) is 4.61. The van der Waals surface area contributed by atoms with Crippen LogP contribution in [-0.4, -0.2) is 68.5 Å². The van der Waals surface area contributed by atoms with Crippen molar-refractivity contribution in [3.8, 4) is 0 Å². The van der Waals surface area contributed by atoms with Gasteiger partial charge in [0.25, 0.3) is 7.82 Å². The number of aliphatic hydroxyl groups excluding tert-OH is 1. The number of phosphoric ester groups is 1. The van der Waals surface area contributed by atoms with E-state index in [2.05, 4.69) is 79.9 Å². The van der Waals surface area contributed by atoms with Gasteiger partial charge in [-0.1, -0.05) is 247 Å². The van der Waals surface area contributed by atoms with E-state index in [1.54, 1.807) is 6.08 Å². The van der Waals surface area contributed by atoms with Crippen molar-refractivity contribution in [1.82, 2.24) is 5.32 Å². The van der Waals surface area contributed by atoms with E-state index in [9.17, 15) is 19.4 Å². The standard InChI is InChI=1S/C62H115N2O6P/c1-6-8-10-12-14-16-18-20-22-24-25-26-27-28-29-30-31-32-33-34-35-36-37-38-39-40-42-44-46-48-50-52-54-56-62(66)63-60(59-70-71(67,68)69-58-57-64(3,4)5)61(65)55-53-51-49-47-45-43-41-23-21-19-17-15-13-11-9-7-2/h18,20-21,23-25,27-28,45,47,53,55,60-61,65H,6-17,19,22,26,29-44,46,48-52,54,56-59H2,1-5H3,(H-,63,66,67,68)/b20-18-,23-21+,25-24-,28-27-,47-45+,55-53+. The zero-order valence-corrected chi connectivity index (χ0v) is 48.1. The van der Waals surface area contributed by atoms with Crippen molar-refractivity contribution >= 4 is 13.7 Å². The summed E-state index contributed by atoms with van der Waals surface area (Å²) < 4.78 is 23.3. The molecule has 0 spiro atoms. The number of likely N-dealkylation sites (N-methyl/N-ethyl adjacent to an activating group) is 1. The minimum Gasteiger partial charge on any atom is -0.756 e. The lowest BCUT2D eigenvalue weighted by Gasteiger charge is -2.29. The van der Waals surface area contributed by atoms with E-state index < -0.39 is 26.6 Å². The zero-order valence-electron chi connectivity index (χ0n) is 47.2. The normalized spacial score (nSPS) is 14.4. The van der Waals surface area contributed by atoms with E-state index in [4.69, 9.17) is 9.05 Å². The lowest BCUT2D eigenvalue weighted by Crippen LogP contribution is -2.45. The Kier molecular flexibility index (Phi) is 51.3.